The zero-order chi connectivity index (χ0) is 21.3. The van der Waals surface area contributed by atoms with Gasteiger partial charge >= 0.3 is 0 Å². The molecule has 2 aromatic carbocycles. The second-order valence-corrected chi connectivity index (χ2v) is 7.04. The highest BCUT2D eigenvalue weighted by atomic mass is 16.5. The summed E-state index contributed by atoms with van der Waals surface area (Å²) >= 11 is 0. The number of hydrogen-bond donors (Lipinski definition) is 2. The number of carbonyl (C=O) groups excluding carboxylic acids is 1. The minimum atomic E-state index is -0.0299. The lowest BCUT2D eigenvalue weighted by Gasteiger charge is -2.35. The van der Waals surface area contributed by atoms with Crippen LogP contribution in [-0.4, -0.2) is 61.2 Å². The van der Waals surface area contributed by atoms with Crippen LogP contribution in [0.2, 0.25) is 0 Å². The van der Waals surface area contributed by atoms with Gasteiger partial charge in [0.1, 0.15) is 5.82 Å². The molecule has 4 rings (SSSR count). The van der Waals surface area contributed by atoms with E-state index in [1.165, 1.54) is 0 Å². The van der Waals surface area contributed by atoms with Crippen molar-refractivity contribution in [2.24, 2.45) is 0 Å². The summed E-state index contributed by atoms with van der Waals surface area (Å²) in [5.41, 5.74) is 13.8. The van der Waals surface area contributed by atoms with Crippen LogP contribution in [0.5, 0.6) is 11.5 Å². The Kier molecular flexibility index (Phi) is 5.18. The number of piperazine rings is 1. The van der Waals surface area contributed by atoms with Gasteiger partial charge in [-0.2, -0.15) is 4.98 Å². The number of benzene rings is 2. The third-order valence-corrected chi connectivity index (χ3v) is 5.20. The van der Waals surface area contributed by atoms with Gasteiger partial charge in [-0.15, -0.1) is 0 Å². The highest BCUT2D eigenvalue weighted by Gasteiger charge is 2.24. The maximum atomic E-state index is 12.7. The molecule has 1 saturated heterocycles. The molecule has 2 heterocycles. The van der Waals surface area contributed by atoms with Crippen LogP contribution in [0, 0.1) is 0 Å². The Hall–Kier alpha value is -3.75. The molecule has 9 nitrogen and oxygen atoms in total. The second kappa shape index (κ2) is 7.94. The van der Waals surface area contributed by atoms with Crippen LogP contribution in [0.4, 0.5) is 17.5 Å². The Bertz CT molecular complexity index is 1100. The molecule has 9 heteroatoms. The minimum Gasteiger partial charge on any atom is -0.493 e. The number of nitrogen functional groups attached to an aromatic ring is 2. The summed E-state index contributed by atoms with van der Waals surface area (Å²) in [5, 5.41) is 0.701. The summed E-state index contributed by atoms with van der Waals surface area (Å²) in [6.07, 6.45) is 0. The van der Waals surface area contributed by atoms with Gasteiger partial charge in [0.05, 0.1) is 19.7 Å². The quantitative estimate of drug-likeness (QED) is 0.627. The molecule has 30 heavy (non-hydrogen) atoms. The van der Waals surface area contributed by atoms with E-state index in [4.69, 9.17) is 20.9 Å². The fraction of sp³-hybridized carbons (Fsp3) is 0.286. The van der Waals surface area contributed by atoms with Gasteiger partial charge in [-0.25, -0.2) is 4.98 Å². The molecule has 1 aliphatic heterocycles. The van der Waals surface area contributed by atoms with Gasteiger partial charge in [-0.1, -0.05) is 6.07 Å². The van der Waals surface area contributed by atoms with Gasteiger partial charge in [0.15, 0.2) is 11.5 Å². The van der Waals surface area contributed by atoms with Gasteiger partial charge in [-0.3, -0.25) is 4.79 Å². The van der Waals surface area contributed by atoms with E-state index in [1.54, 1.807) is 50.6 Å². The Morgan fingerprint density at radius 2 is 1.67 bits per heavy atom. The minimum absolute atomic E-state index is 0.0299. The van der Waals surface area contributed by atoms with E-state index in [0.717, 1.165) is 0 Å². The average Bonchev–Trinajstić information content (AvgIpc) is 2.77. The lowest BCUT2D eigenvalue weighted by atomic mass is 10.1. The first kappa shape index (κ1) is 19.6. The first-order chi connectivity index (χ1) is 14.5. The van der Waals surface area contributed by atoms with E-state index in [2.05, 4.69) is 9.97 Å². The molecule has 156 valence electrons. The molecule has 0 saturated carbocycles. The summed E-state index contributed by atoms with van der Waals surface area (Å²) in [6.45, 7) is 2.32. The average molecular weight is 408 g/mol. The van der Waals surface area contributed by atoms with Gasteiger partial charge < -0.3 is 30.7 Å². The molecule has 1 amide bonds. The largest absolute Gasteiger partial charge is 0.493 e. The van der Waals surface area contributed by atoms with Crippen molar-refractivity contribution >= 4 is 34.3 Å². The predicted octanol–water partition coefficient (Wildman–Crippen LogP) is 1.77. The number of methoxy groups -OCH3 is 2. The van der Waals surface area contributed by atoms with Crippen molar-refractivity contribution in [3.63, 3.8) is 0 Å². The van der Waals surface area contributed by atoms with Gasteiger partial charge in [0.25, 0.3) is 5.91 Å². The first-order valence-electron chi connectivity index (χ1n) is 9.59. The van der Waals surface area contributed by atoms with Crippen LogP contribution in [0.25, 0.3) is 10.9 Å². The number of hydrogen-bond acceptors (Lipinski definition) is 8. The van der Waals surface area contributed by atoms with E-state index in [9.17, 15) is 4.79 Å². The molecule has 0 bridgehead atoms. The molecular formula is C21H24N6O3. The van der Waals surface area contributed by atoms with E-state index in [0.29, 0.717) is 71.6 Å². The van der Waals surface area contributed by atoms with Crippen molar-refractivity contribution in [3.05, 3.63) is 42.0 Å². The monoisotopic (exact) mass is 408 g/mol. The van der Waals surface area contributed by atoms with E-state index >= 15 is 0 Å². The zero-order valence-corrected chi connectivity index (χ0v) is 17.0. The fourth-order valence-corrected chi connectivity index (χ4v) is 3.57. The highest BCUT2D eigenvalue weighted by molar-refractivity contribution is 5.95. The third-order valence-electron chi connectivity index (χ3n) is 5.20. The number of amides is 1. The Morgan fingerprint density at radius 1 is 0.967 bits per heavy atom. The maximum Gasteiger partial charge on any atom is 0.254 e. The van der Waals surface area contributed by atoms with Crippen molar-refractivity contribution < 1.29 is 14.3 Å². The number of rotatable bonds is 4. The van der Waals surface area contributed by atoms with Crippen molar-refractivity contribution in [2.75, 3.05) is 56.8 Å². The number of anilines is 3. The second-order valence-electron chi connectivity index (χ2n) is 7.04. The smallest absolute Gasteiger partial charge is 0.254 e. The normalized spacial score (nSPS) is 14.1. The van der Waals surface area contributed by atoms with Crippen LogP contribution in [0.1, 0.15) is 10.4 Å². The molecule has 4 N–H and O–H groups in total. The first-order valence-corrected chi connectivity index (χ1v) is 9.59. The number of aromatic nitrogens is 2. The number of carbonyl (C=O) groups is 1. The lowest BCUT2D eigenvalue weighted by molar-refractivity contribution is 0.0746. The molecule has 0 unspecified atom stereocenters. The highest BCUT2D eigenvalue weighted by Crippen LogP contribution is 2.34. The maximum absolute atomic E-state index is 12.7. The van der Waals surface area contributed by atoms with Crippen molar-refractivity contribution in [1.82, 2.24) is 14.9 Å². The Morgan fingerprint density at radius 3 is 2.33 bits per heavy atom. The van der Waals surface area contributed by atoms with E-state index < -0.39 is 0 Å². The van der Waals surface area contributed by atoms with E-state index in [-0.39, 0.29) is 5.91 Å². The number of nitrogens with two attached hydrogens (primary N) is 2. The third kappa shape index (κ3) is 3.61. The molecule has 0 spiro atoms. The van der Waals surface area contributed by atoms with Gasteiger partial charge in [-0.05, 0) is 24.3 Å². The molecule has 1 fully saturated rings. The standard InChI is InChI=1S/C21H24N6O3/c1-29-17-11-15-16(12-18(17)30-2)24-21(25-19(15)23)27-8-6-26(7-9-27)20(28)13-4-3-5-14(22)10-13/h3-5,10-12H,6-9,22H2,1-2H3,(H2,23,24,25). The van der Waals surface area contributed by atoms with Gasteiger partial charge in [0, 0.05) is 48.9 Å². The molecule has 3 aromatic rings. The van der Waals surface area contributed by atoms with Crippen molar-refractivity contribution in [3.8, 4) is 11.5 Å². The SMILES string of the molecule is COc1cc2nc(N3CCN(C(=O)c4cccc(N)c4)CC3)nc(N)c2cc1OC. The fourth-order valence-electron chi connectivity index (χ4n) is 3.57. The summed E-state index contributed by atoms with van der Waals surface area (Å²) in [7, 11) is 3.14. The molecule has 0 atom stereocenters. The van der Waals surface area contributed by atoms with Crippen molar-refractivity contribution in [1.29, 1.82) is 0 Å². The zero-order valence-electron chi connectivity index (χ0n) is 17.0. The van der Waals surface area contributed by atoms with Crippen molar-refractivity contribution in [2.45, 2.75) is 0 Å². The van der Waals surface area contributed by atoms with Crippen LogP contribution in [0.3, 0.4) is 0 Å². The molecular weight excluding hydrogens is 384 g/mol. The summed E-state index contributed by atoms with van der Waals surface area (Å²) in [5.74, 6) is 2.02. The topological polar surface area (TPSA) is 120 Å². The van der Waals surface area contributed by atoms with Gasteiger partial charge in [0.2, 0.25) is 5.95 Å². The lowest BCUT2D eigenvalue weighted by Crippen LogP contribution is -2.49. The Balaban J connectivity index is 1.53. The number of nitrogens with zero attached hydrogens (tertiary/aromatic N) is 4. The van der Waals surface area contributed by atoms with Crippen LogP contribution in [0.15, 0.2) is 36.4 Å². The molecule has 0 aliphatic carbocycles. The number of fused-ring (bicyclic) bond motifs is 1. The molecule has 1 aliphatic rings. The van der Waals surface area contributed by atoms with E-state index in [1.807, 2.05) is 9.80 Å². The molecule has 0 radical (unpaired) electrons. The number of ether oxygens (including phenoxy) is 2. The van der Waals surface area contributed by atoms with Crippen LogP contribution < -0.4 is 25.8 Å². The predicted molar refractivity (Wildman–Crippen MR) is 116 cm³/mol. The summed E-state index contributed by atoms with van der Waals surface area (Å²) in [6, 6.07) is 10.6. The summed E-state index contributed by atoms with van der Waals surface area (Å²) in [4.78, 5) is 25.7. The molecule has 1 aromatic heterocycles. The van der Waals surface area contributed by atoms with Crippen LogP contribution in [-0.2, 0) is 0 Å². The summed E-state index contributed by atoms with van der Waals surface area (Å²) < 4.78 is 10.7. The Labute approximate surface area is 174 Å². The van der Waals surface area contributed by atoms with Crippen LogP contribution >= 0.6 is 0 Å².